The molecule has 1 atom stereocenters. The zero-order valence-corrected chi connectivity index (χ0v) is 7.58. The maximum atomic E-state index is 11.1. The van der Waals surface area contributed by atoms with Crippen molar-refractivity contribution in [3.8, 4) is 0 Å². The molecule has 0 aromatic carbocycles. The first-order chi connectivity index (χ1) is 5.63. The number of hydrogen-bond donors (Lipinski definition) is 0. The normalized spacial score (nSPS) is 11.5. The van der Waals surface area contributed by atoms with E-state index in [1.165, 1.54) is 0 Å². The van der Waals surface area contributed by atoms with Crippen molar-refractivity contribution < 1.29 is 9.72 Å². The summed E-state index contributed by atoms with van der Waals surface area (Å²) < 4.78 is 0. The molecule has 0 radical (unpaired) electrons. The number of hydrogen-bond acceptors (Lipinski definition) is 3. The monoisotopic (exact) mass is 199 g/mol. The van der Waals surface area contributed by atoms with Crippen LogP contribution in [0.2, 0.25) is 0 Å². The van der Waals surface area contributed by atoms with Crippen LogP contribution < -0.4 is 0 Å². The quantitative estimate of drug-likeness (QED) is 0.363. The lowest BCUT2D eigenvalue weighted by Gasteiger charge is -2.05. The van der Waals surface area contributed by atoms with Gasteiger partial charge in [-0.3, -0.25) is 14.9 Å². The second-order valence-corrected chi connectivity index (χ2v) is 2.81. The van der Waals surface area contributed by atoms with Crippen LogP contribution in [0.1, 0.15) is 39.5 Å². The minimum Gasteiger partial charge on any atom is -0.292 e. The fourth-order valence-corrected chi connectivity index (χ4v) is 1.07. The number of rotatable bonds is 6. The van der Waals surface area contributed by atoms with Crippen LogP contribution in [-0.2, 0) is 4.79 Å². The Kier molecular flexibility index (Phi) is 9.94. The van der Waals surface area contributed by atoms with Gasteiger partial charge in [-0.1, -0.05) is 13.8 Å². The fraction of sp³-hybridized carbons (Fsp3) is 0.875. The highest BCUT2D eigenvalue weighted by Gasteiger charge is 2.26. The first kappa shape index (κ1) is 15.3. The van der Waals surface area contributed by atoms with Crippen molar-refractivity contribution in [3.63, 3.8) is 0 Å². The molecule has 0 bridgehead atoms. The van der Waals surface area contributed by atoms with Gasteiger partial charge in [0.25, 0.3) is 6.04 Å². The van der Waals surface area contributed by atoms with E-state index in [0.29, 0.717) is 25.7 Å². The molecule has 0 aliphatic carbocycles. The van der Waals surface area contributed by atoms with Crippen molar-refractivity contribution >= 4 is 28.8 Å². The van der Waals surface area contributed by atoms with Crippen LogP contribution in [0.4, 0.5) is 0 Å². The number of carbonyl (C=O) groups is 1. The molecular formula is C8H17MgNO3. The molecule has 4 nitrogen and oxygen atoms in total. The molecule has 0 fully saturated rings. The Morgan fingerprint density at radius 1 is 1.38 bits per heavy atom. The second-order valence-electron chi connectivity index (χ2n) is 2.81. The number of carbonyl (C=O) groups excluding carboxylic acids is 1. The predicted octanol–water partition coefficient (Wildman–Crippen LogP) is 0.885. The number of ketones is 1. The first-order valence-corrected chi connectivity index (χ1v) is 4.29. The van der Waals surface area contributed by atoms with E-state index >= 15 is 0 Å². The van der Waals surface area contributed by atoms with Gasteiger partial charge in [0.05, 0.1) is 0 Å². The van der Waals surface area contributed by atoms with Gasteiger partial charge in [0.2, 0.25) is 5.78 Å². The molecule has 5 heteroatoms. The van der Waals surface area contributed by atoms with Gasteiger partial charge in [-0.2, -0.15) is 0 Å². The third-order valence-corrected chi connectivity index (χ3v) is 1.68. The smallest absolute Gasteiger partial charge is 0.292 e. The molecule has 0 aromatic rings. The molecule has 0 rings (SSSR count). The van der Waals surface area contributed by atoms with E-state index in [9.17, 15) is 14.9 Å². The highest BCUT2D eigenvalue weighted by atomic mass is 24.3. The lowest BCUT2D eigenvalue weighted by atomic mass is 10.0. The summed E-state index contributed by atoms with van der Waals surface area (Å²) in [5, 5.41) is 10.4. The van der Waals surface area contributed by atoms with Crippen LogP contribution in [0.5, 0.6) is 0 Å². The first-order valence-electron chi connectivity index (χ1n) is 4.29. The van der Waals surface area contributed by atoms with E-state index < -0.39 is 11.0 Å². The van der Waals surface area contributed by atoms with Gasteiger partial charge in [0.1, 0.15) is 0 Å². The minimum atomic E-state index is -0.963. The van der Waals surface area contributed by atoms with Crippen LogP contribution in [0.3, 0.4) is 0 Å². The molecular weight excluding hydrogens is 182 g/mol. The summed E-state index contributed by atoms with van der Waals surface area (Å²) in [6.45, 7) is 3.69. The SMILES string of the molecule is CCCC(=O)C(CCC)[N+](=O)[O-].[MgH2]. The number of nitro groups is 1. The molecule has 1 unspecified atom stereocenters. The maximum Gasteiger partial charge on any atom is 0.316 e. The Bertz CT molecular complexity index is 173. The molecule has 74 valence electrons. The summed E-state index contributed by atoms with van der Waals surface area (Å²) in [7, 11) is 0. The summed E-state index contributed by atoms with van der Waals surface area (Å²) in [6, 6.07) is -0.963. The maximum absolute atomic E-state index is 11.1. The van der Waals surface area contributed by atoms with Crippen molar-refractivity contribution in [2.24, 2.45) is 0 Å². The summed E-state index contributed by atoms with van der Waals surface area (Å²) in [5.74, 6) is -0.232. The average molecular weight is 200 g/mol. The summed E-state index contributed by atoms with van der Waals surface area (Å²) in [6.07, 6.45) is 2.06. The van der Waals surface area contributed by atoms with Crippen LogP contribution in [0, 0.1) is 10.1 Å². The van der Waals surface area contributed by atoms with Gasteiger partial charge in [0.15, 0.2) is 0 Å². The number of Topliss-reactive ketones (excluding diaryl/α,β-unsaturated/α-hetero) is 1. The van der Waals surface area contributed by atoms with E-state index in [1.807, 2.05) is 13.8 Å². The molecule has 13 heavy (non-hydrogen) atoms. The van der Waals surface area contributed by atoms with E-state index in [0.717, 1.165) is 0 Å². The van der Waals surface area contributed by atoms with Crippen molar-refractivity contribution in [1.82, 2.24) is 0 Å². The van der Waals surface area contributed by atoms with Crippen LogP contribution in [-0.4, -0.2) is 39.8 Å². The van der Waals surface area contributed by atoms with Crippen LogP contribution >= 0.6 is 0 Å². The van der Waals surface area contributed by atoms with E-state index in [-0.39, 0.29) is 28.8 Å². The Labute approximate surface area is 94.4 Å². The molecule has 0 spiro atoms. The zero-order valence-electron chi connectivity index (χ0n) is 7.58. The Balaban J connectivity index is 0. The van der Waals surface area contributed by atoms with Crippen molar-refractivity contribution in [1.29, 1.82) is 0 Å². The van der Waals surface area contributed by atoms with E-state index in [4.69, 9.17) is 0 Å². The second kappa shape index (κ2) is 8.44. The minimum absolute atomic E-state index is 0. The van der Waals surface area contributed by atoms with Crippen molar-refractivity contribution in [2.75, 3.05) is 0 Å². The van der Waals surface area contributed by atoms with Crippen LogP contribution in [0.25, 0.3) is 0 Å². The molecule has 0 aliphatic rings. The Morgan fingerprint density at radius 3 is 2.23 bits per heavy atom. The molecule has 0 heterocycles. The van der Waals surface area contributed by atoms with Gasteiger partial charge in [-0.05, 0) is 12.8 Å². The molecule has 0 aliphatic heterocycles. The predicted molar refractivity (Wildman–Crippen MR) is 54.1 cm³/mol. The Hall–Kier alpha value is -0.164. The molecule has 0 saturated heterocycles. The number of nitrogens with zero attached hydrogens (tertiary/aromatic N) is 1. The molecule has 0 aromatic heterocycles. The van der Waals surface area contributed by atoms with Crippen molar-refractivity contribution in [3.05, 3.63) is 10.1 Å². The summed E-state index contributed by atoms with van der Waals surface area (Å²) >= 11 is 0. The summed E-state index contributed by atoms with van der Waals surface area (Å²) in [4.78, 5) is 21.1. The van der Waals surface area contributed by atoms with Gasteiger partial charge in [-0.15, -0.1) is 0 Å². The van der Waals surface area contributed by atoms with Crippen LogP contribution in [0.15, 0.2) is 0 Å². The van der Waals surface area contributed by atoms with Gasteiger partial charge in [-0.25, -0.2) is 0 Å². The molecule has 0 N–H and O–H groups in total. The van der Waals surface area contributed by atoms with E-state index in [1.54, 1.807) is 0 Å². The third kappa shape index (κ3) is 5.98. The van der Waals surface area contributed by atoms with Crippen molar-refractivity contribution in [2.45, 2.75) is 45.6 Å². The standard InChI is InChI=1S/C8H15NO3.Mg.2H/c1-3-5-7(9(11)12)8(10)6-4-2;;;/h7H,3-6H2,1-2H3;;;. The highest BCUT2D eigenvalue weighted by Crippen LogP contribution is 2.06. The zero-order chi connectivity index (χ0) is 9.56. The van der Waals surface area contributed by atoms with Gasteiger partial charge in [0, 0.05) is 17.8 Å². The largest absolute Gasteiger partial charge is 0.316 e. The lowest BCUT2D eigenvalue weighted by molar-refractivity contribution is -0.508. The summed E-state index contributed by atoms with van der Waals surface area (Å²) in [5.41, 5.74) is 0. The molecule has 0 amide bonds. The average Bonchev–Trinajstić information content (AvgIpc) is 1.99. The molecule has 0 saturated carbocycles. The van der Waals surface area contributed by atoms with E-state index in [2.05, 4.69) is 0 Å². The highest BCUT2D eigenvalue weighted by molar-refractivity contribution is 5.82. The van der Waals surface area contributed by atoms with Gasteiger partial charge < -0.3 is 0 Å². The Morgan fingerprint density at radius 2 is 1.92 bits per heavy atom. The fourth-order valence-electron chi connectivity index (χ4n) is 1.07. The topological polar surface area (TPSA) is 60.2 Å². The lowest BCUT2D eigenvalue weighted by Crippen LogP contribution is -2.29. The third-order valence-electron chi connectivity index (χ3n) is 1.68. The van der Waals surface area contributed by atoms with Gasteiger partial charge >= 0.3 is 23.1 Å².